The lowest BCUT2D eigenvalue weighted by atomic mass is 9.88. The fourth-order valence-corrected chi connectivity index (χ4v) is 4.49. The Morgan fingerprint density at radius 3 is 2.35 bits per heavy atom. The first-order valence-electron chi connectivity index (χ1n) is 10.1. The first kappa shape index (κ1) is 19.7. The summed E-state index contributed by atoms with van der Waals surface area (Å²) in [5.74, 6) is 0.199. The Morgan fingerprint density at radius 1 is 0.839 bits per heavy atom. The zero-order valence-electron chi connectivity index (χ0n) is 16.9. The number of aromatic hydroxyl groups is 1. The Balaban J connectivity index is 1.89. The molecule has 0 unspecified atom stereocenters. The van der Waals surface area contributed by atoms with Crippen molar-refractivity contribution in [1.82, 2.24) is 4.98 Å². The normalized spacial score (nSPS) is 11.3. The topological polar surface area (TPSA) is 53.4 Å². The number of aliphatic hydroxyl groups is 1. The number of nitrogens with zero attached hydrogens (tertiary/aromatic N) is 1. The van der Waals surface area contributed by atoms with Gasteiger partial charge in [0.25, 0.3) is 0 Å². The van der Waals surface area contributed by atoms with Gasteiger partial charge in [0.2, 0.25) is 0 Å². The fourth-order valence-electron chi connectivity index (χ4n) is 4.23. The molecule has 0 bridgehead atoms. The average Bonchev–Trinajstić information content (AvgIpc) is 2.79. The van der Waals surface area contributed by atoms with Crippen LogP contribution in [0.5, 0.6) is 5.75 Å². The molecule has 1 aromatic heterocycles. The molecule has 0 fully saturated rings. The number of hydrogen-bond donors (Lipinski definition) is 2. The lowest BCUT2D eigenvalue weighted by molar-refractivity contribution is 0.283. The third-order valence-electron chi connectivity index (χ3n) is 5.71. The van der Waals surface area contributed by atoms with Gasteiger partial charge in [-0.2, -0.15) is 0 Å². The first-order chi connectivity index (χ1) is 15.1. The van der Waals surface area contributed by atoms with Gasteiger partial charge in [-0.05, 0) is 75.7 Å². The van der Waals surface area contributed by atoms with E-state index < -0.39 is 0 Å². The molecule has 0 aliphatic rings. The number of pyridine rings is 1. The Labute approximate surface area is 188 Å². The van der Waals surface area contributed by atoms with Gasteiger partial charge in [-0.3, -0.25) is 4.98 Å². The van der Waals surface area contributed by atoms with Gasteiger partial charge in [0, 0.05) is 21.6 Å². The largest absolute Gasteiger partial charge is 0.507 e. The van der Waals surface area contributed by atoms with Crippen molar-refractivity contribution in [3.05, 3.63) is 94.6 Å². The highest BCUT2D eigenvalue weighted by atomic mass is 79.9. The van der Waals surface area contributed by atoms with Gasteiger partial charge in [0.15, 0.2) is 0 Å². The van der Waals surface area contributed by atoms with Gasteiger partial charge in [-0.25, -0.2) is 0 Å². The molecule has 2 N–H and O–H groups in total. The van der Waals surface area contributed by atoms with Crippen molar-refractivity contribution in [2.75, 3.05) is 0 Å². The minimum atomic E-state index is -0.130. The molecule has 152 valence electrons. The number of phenolic OH excluding ortho intramolecular Hbond substituents is 1. The van der Waals surface area contributed by atoms with Crippen LogP contribution in [0.15, 0.2) is 83.5 Å². The van der Waals surface area contributed by atoms with Crippen molar-refractivity contribution in [2.24, 2.45) is 0 Å². The summed E-state index contributed by atoms with van der Waals surface area (Å²) in [6, 6.07) is 23.8. The van der Waals surface area contributed by atoms with Gasteiger partial charge in [-0.1, -0.05) is 58.4 Å². The van der Waals surface area contributed by atoms with E-state index in [1.165, 1.54) is 0 Å². The van der Waals surface area contributed by atoms with Gasteiger partial charge in [0.05, 0.1) is 12.3 Å². The summed E-state index contributed by atoms with van der Waals surface area (Å²) in [7, 11) is 0. The van der Waals surface area contributed by atoms with Crippen molar-refractivity contribution in [1.29, 1.82) is 0 Å². The number of aryl methyl sites for hydroxylation is 1. The Morgan fingerprint density at radius 2 is 1.65 bits per heavy atom. The Bertz CT molecular complexity index is 1420. The van der Waals surface area contributed by atoms with E-state index in [1.807, 2.05) is 79.9 Å². The molecule has 5 aromatic rings. The molecule has 31 heavy (non-hydrogen) atoms. The highest BCUT2D eigenvalue weighted by Crippen LogP contribution is 2.43. The van der Waals surface area contributed by atoms with Crippen molar-refractivity contribution >= 4 is 37.5 Å². The van der Waals surface area contributed by atoms with E-state index in [4.69, 9.17) is 0 Å². The Kier molecular flexibility index (Phi) is 4.97. The highest BCUT2D eigenvalue weighted by molar-refractivity contribution is 9.10. The summed E-state index contributed by atoms with van der Waals surface area (Å²) >= 11 is 3.49. The maximum atomic E-state index is 10.9. The van der Waals surface area contributed by atoms with Crippen molar-refractivity contribution < 1.29 is 10.2 Å². The van der Waals surface area contributed by atoms with E-state index in [9.17, 15) is 10.2 Å². The molecule has 4 heteroatoms. The van der Waals surface area contributed by atoms with Crippen molar-refractivity contribution in [3.8, 4) is 28.1 Å². The second-order valence-corrected chi connectivity index (χ2v) is 8.62. The van der Waals surface area contributed by atoms with Crippen LogP contribution < -0.4 is 0 Å². The van der Waals surface area contributed by atoms with E-state index >= 15 is 0 Å². The molecular formula is C27H20BrNO2. The molecule has 0 amide bonds. The van der Waals surface area contributed by atoms with Crippen LogP contribution in [0.4, 0.5) is 0 Å². The number of aliphatic hydroxyl groups excluding tert-OH is 1. The molecule has 0 atom stereocenters. The summed E-state index contributed by atoms with van der Waals surface area (Å²) in [6.45, 7) is 1.88. The standard InChI is InChI=1S/C27H20BrNO2/c1-16-5-11-24(29-14-16)21-3-2-4-22-23(21)13-18(15-30)26-20(10-12-25(31)27(22)26)17-6-8-19(28)9-7-17/h2-14,30-31H,15H2,1H3. The molecule has 5 rings (SSSR count). The maximum Gasteiger partial charge on any atom is 0.124 e. The Hall–Kier alpha value is -3.21. The maximum absolute atomic E-state index is 10.9. The molecule has 4 aromatic carbocycles. The van der Waals surface area contributed by atoms with E-state index in [0.29, 0.717) is 0 Å². The first-order valence-corrected chi connectivity index (χ1v) is 10.9. The number of phenols is 1. The van der Waals surface area contributed by atoms with Crippen LogP contribution in [0.1, 0.15) is 11.1 Å². The van der Waals surface area contributed by atoms with Crippen LogP contribution in [0, 0.1) is 6.92 Å². The predicted molar refractivity (Wildman–Crippen MR) is 130 cm³/mol. The summed E-state index contributed by atoms with van der Waals surface area (Å²) < 4.78 is 1.00. The fraction of sp³-hybridized carbons (Fsp3) is 0.0741. The monoisotopic (exact) mass is 469 g/mol. The molecule has 0 aliphatic heterocycles. The SMILES string of the molecule is Cc1ccc(-c2cccc3c2cc(CO)c2c(-c4ccc(Br)cc4)ccc(O)c23)nc1. The van der Waals surface area contributed by atoms with E-state index in [0.717, 1.165) is 59.5 Å². The molecule has 1 heterocycles. The van der Waals surface area contributed by atoms with Crippen molar-refractivity contribution in [3.63, 3.8) is 0 Å². The summed E-state index contributed by atoms with van der Waals surface area (Å²) in [4.78, 5) is 4.60. The number of hydrogen-bond acceptors (Lipinski definition) is 3. The van der Waals surface area contributed by atoms with Crippen LogP contribution in [0.3, 0.4) is 0 Å². The minimum Gasteiger partial charge on any atom is -0.507 e. The summed E-state index contributed by atoms with van der Waals surface area (Å²) in [5, 5.41) is 24.7. The van der Waals surface area contributed by atoms with Gasteiger partial charge in [-0.15, -0.1) is 0 Å². The average molecular weight is 470 g/mol. The van der Waals surface area contributed by atoms with E-state index in [2.05, 4.69) is 20.9 Å². The van der Waals surface area contributed by atoms with Crippen LogP contribution in [-0.2, 0) is 6.61 Å². The van der Waals surface area contributed by atoms with Gasteiger partial charge in [0.1, 0.15) is 5.75 Å². The number of halogens is 1. The molecule has 0 saturated carbocycles. The minimum absolute atomic E-state index is 0.130. The quantitative estimate of drug-likeness (QED) is 0.280. The molecular weight excluding hydrogens is 450 g/mol. The number of fused-ring (bicyclic) bond motifs is 3. The van der Waals surface area contributed by atoms with Crippen LogP contribution in [0.25, 0.3) is 43.9 Å². The molecule has 0 saturated heterocycles. The number of benzene rings is 4. The lowest BCUT2D eigenvalue weighted by Crippen LogP contribution is -1.94. The van der Waals surface area contributed by atoms with Crippen LogP contribution >= 0.6 is 15.9 Å². The van der Waals surface area contributed by atoms with Crippen molar-refractivity contribution in [2.45, 2.75) is 13.5 Å². The second kappa shape index (κ2) is 7.80. The third-order valence-corrected chi connectivity index (χ3v) is 6.24. The van der Waals surface area contributed by atoms with E-state index in [-0.39, 0.29) is 12.4 Å². The highest BCUT2D eigenvalue weighted by Gasteiger charge is 2.17. The summed E-state index contributed by atoms with van der Waals surface area (Å²) in [6.07, 6.45) is 1.85. The third kappa shape index (κ3) is 3.38. The second-order valence-electron chi connectivity index (χ2n) is 7.70. The van der Waals surface area contributed by atoms with Gasteiger partial charge < -0.3 is 10.2 Å². The predicted octanol–water partition coefficient (Wildman–Crippen LogP) is 6.99. The number of aromatic nitrogens is 1. The van der Waals surface area contributed by atoms with Gasteiger partial charge >= 0.3 is 0 Å². The zero-order valence-corrected chi connectivity index (χ0v) is 18.5. The van der Waals surface area contributed by atoms with Crippen LogP contribution in [0.2, 0.25) is 0 Å². The lowest BCUT2D eigenvalue weighted by Gasteiger charge is -2.17. The molecule has 0 spiro atoms. The number of rotatable bonds is 3. The molecule has 0 aliphatic carbocycles. The molecule has 0 radical (unpaired) electrons. The summed E-state index contributed by atoms with van der Waals surface area (Å²) in [5.41, 5.74) is 5.72. The smallest absolute Gasteiger partial charge is 0.124 e. The zero-order chi connectivity index (χ0) is 21.5. The van der Waals surface area contributed by atoms with E-state index in [1.54, 1.807) is 6.07 Å². The van der Waals surface area contributed by atoms with Crippen LogP contribution in [-0.4, -0.2) is 15.2 Å². The molecule has 3 nitrogen and oxygen atoms in total.